The van der Waals surface area contributed by atoms with E-state index in [0.29, 0.717) is 18.0 Å². The lowest BCUT2D eigenvalue weighted by Crippen LogP contribution is -2.47. The summed E-state index contributed by atoms with van der Waals surface area (Å²) in [6, 6.07) is 23.5. The Labute approximate surface area is 219 Å². The summed E-state index contributed by atoms with van der Waals surface area (Å²) in [7, 11) is 3.32. The number of halogens is 1. The number of anilines is 1. The molecule has 8 heteroatoms. The van der Waals surface area contributed by atoms with E-state index in [4.69, 9.17) is 14.2 Å². The fraction of sp³-hybridized carbons (Fsp3) is 0.321. The van der Waals surface area contributed by atoms with Gasteiger partial charge in [0.15, 0.2) is 0 Å². The van der Waals surface area contributed by atoms with Crippen LogP contribution >= 0.6 is 12.4 Å². The van der Waals surface area contributed by atoms with Gasteiger partial charge in [-0.2, -0.15) is 0 Å². The smallest absolute Gasteiger partial charge is 0.412 e. The lowest BCUT2D eigenvalue weighted by atomic mass is 10.0. The summed E-state index contributed by atoms with van der Waals surface area (Å²) in [5.41, 5.74) is 3.14. The van der Waals surface area contributed by atoms with Gasteiger partial charge in [-0.15, -0.1) is 12.4 Å². The van der Waals surface area contributed by atoms with E-state index in [2.05, 4.69) is 21.2 Å². The average molecular weight is 512 g/mol. The first-order valence-corrected chi connectivity index (χ1v) is 12.0. The van der Waals surface area contributed by atoms with Gasteiger partial charge in [-0.1, -0.05) is 42.5 Å². The molecule has 192 valence electrons. The summed E-state index contributed by atoms with van der Waals surface area (Å²) in [6.45, 7) is 5.36. The van der Waals surface area contributed by atoms with Crippen LogP contribution in [0.5, 0.6) is 17.2 Å². The highest BCUT2D eigenvalue weighted by atomic mass is 35.5. The lowest BCUT2D eigenvalue weighted by molar-refractivity contribution is 0.198. The molecule has 0 bridgehead atoms. The third-order valence-electron chi connectivity index (χ3n) is 6.19. The molecule has 4 rings (SSSR count). The van der Waals surface area contributed by atoms with E-state index in [1.807, 2.05) is 54.6 Å². The zero-order valence-corrected chi connectivity index (χ0v) is 21.6. The van der Waals surface area contributed by atoms with E-state index in [1.54, 1.807) is 26.4 Å². The summed E-state index contributed by atoms with van der Waals surface area (Å²) in [5.74, 6) is 2.02. The van der Waals surface area contributed by atoms with E-state index < -0.39 is 6.09 Å². The monoisotopic (exact) mass is 511 g/mol. The van der Waals surface area contributed by atoms with Crippen molar-refractivity contribution < 1.29 is 19.0 Å². The first-order chi connectivity index (χ1) is 17.2. The van der Waals surface area contributed by atoms with Gasteiger partial charge in [-0.05, 0) is 42.8 Å². The molecule has 0 atom stereocenters. The quantitative estimate of drug-likeness (QED) is 0.404. The van der Waals surface area contributed by atoms with Crippen molar-refractivity contribution in [2.24, 2.45) is 0 Å². The average Bonchev–Trinajstić information content (AvgIpc) is 2.92. The van der Waals surface area contributed by atoms with Crippen LogP contribution < -0.4 is 24.4 Å². The number of rotatable bonds is 9. The topological polar surface area (TPSA) is 63.3 Å². The van der Waals surface area contributed by atoms with Gasteiger partial charge in [0.05, 0.1) is 19.9 Å². The summed E-state index contributed by atoms with van der Waals surface area (Å²) >= 11 is 0. The van der Waals surface area contributed by atoms with Gasteiger partial charge in [0.2, 0.25) is 0 Å². The van der Waals surface area contributed by atoms with Crippen molar-refractivity contribution in [1.82, 2.24) is 10.2 Å². The molecule has 36 heavy (non-hydrogen) atoms. The molecule has 1 aliphatic heterocycles. The summed E-state index contributed by atoms with van der Waals surface area (Å²) in [4.78, 5) is 17.1. The van der Waals surface area contributed by atoms with Gasteiger partial charge in [-0.3, -0.25) is 4.90 Å². The Morgan fingerprint density at radius 2 is 1.56 bits per heavy atom. The minimum atomic E-state index is -0.458. The van der Waals surface area contributed by atoms with Gasteiger partial charge in [0.25, 0.3) is 0 Å². The number of ether oxygens (including phenoxy) is 3. The van der Waals surface area contributed by atoms with Crippen molar-refractivity contribution in [3.8, 4) is 28.4 Å². The lowest BCUT2D eigenvalue weighted by Gasteiger charge is -2.36. The van der Waals surface area contributed by atoms with Gasteiger partial charge in [-0.25, -0.2) is 4.79 Å². The van der Waals surface area contributed by atoms with Crippen LogP contribution in [0.2, 0.25) is 0 Å². The van der Waals surface area contributed by atoms with Crippen LogP contribution in [0.1, 0.15) is 6.42 Å². The number of benzene rings is 3. The van der Waals surface area contributed by atoms with Crippen LogP contribution in [0, 0.1) is 0 Å². The molecule has 1 saturated heterocycles. The van der Waals surface area contributed by atoms with Crippen molar-refractivity contribution in [3.05, 3.63) is 72.8 Å². The van der Waals surface area contributed by atoms with E-state index in [9.17, 15) is 4.79 Å². The maximum absolute atomic E-state index is 12.3. The zero-order chi connectivity index (χ0) is 24.5. The molecule has 0 radical (unpaired) electrons. The number of para-hydroxylation sites is 2. The van der Waals surface area contributed by atoms with Gasteiger partial charge >= 0.3 is 6.09 Å². The Morgan fingerprint density at radius 3 is 2.28 bits per heavy atom. The van der Waals surface area contributed by atoms with Crippen molar-refractivity contribution >= 4 is 24.2 Å². The van der Waals surface area contributed by atoms with Crippen molar-refractivity contribution in [1.29, 1.82) is 0 Å². The Balaban J connectivity index is 0.00000361. The second kappa shape index (κ2) is 13.6. The Morgan fingerprint density at radius 1 is 0.861 bits per heavy atom. The third-order valence-corrected chi connectivity index (χ3v) is 6.19. The van der Waals surface area contributed by atoms with Gasteiger partial charge in [0, 0.05) is 44.4 Å². The molecule has 0 aromatic heterocycles. The number of hydrogen-bond donors (Lipinski definition) is 1. The SMILES string of the molecule is COc1cc(OC(=O)NCCCN2CCN(c3ccccc3OC)CC2)ccc1-c1ccccc1.Cl. The minimum absolute atomic E-state index is 0. The summed E-state index contributed by atoms with van der Waals surface area (Å²) < 4.78 is 16.5. The van der Waals surface area contributed by atoms with Gasteiger partial charge in [0.1, 0.15) is 17.2 Å². The van der Waals surface area contributed by atoms with Crippen LogP contribution in [-0.4, -0.2) is 64.5 Å². The van der Waals surface area contributed by atoms with Crippen molar-refractivity contribution in [3.63, 3.8) is 0 Å². The molecule has 1 amide bonds. The number of piperazine rings is 1. The predicted octanol–water partition coefficient (Wildman–Crippen LogP) is 5.09. The second-order valence-corrected chi connectivity index (χ2v) is 8.40. The van der Waals surface area contributed by atoms with Crippen LogP contribution in [0.25, 0.3) is 11.1 Å². The largest absolute Gasteiger partial charge is 0.496 e. The molecule has 3 aromatic rings. The van der Waals surface area contributed by atoms with Crippen LogP contribution in [0.4, 0.5) is 10.5 Å². The van der Waals surface area contributed by atoms with E-state index in [-0.39, 0.29) is 12.4 Å². The van der Waals surface area contributed by atoms with E-state index in [1.165, 1.54) is 0 Å². The van der Waals surface area contributed by atoms with Gasteiger partial charge < -0.3 is 24.4 Å². The molecule has 3 aromatic carbocycles. The number of methoxy groups -OCH3 is 2. The van der Waals surface area contributed by atoms with E-state index >= 15 is 0 Å². The highest BCUT2D eigenvalue weighted by Gasteiger charge is 2.19. The Bertz CT molecular complexity index is 1100. The number of hydrogen-bond acceptors (Lipinski definition) is 6. The maximum atomic E-state index is 12.3. The molecule has 7 nitrogen and oxygen atoms in total. The molecule has 0 saturated carbocycles. The summed E-state index contributed by atoms with van der Waals surface area (Å²) in [5, 5.41) is 2.85. The maximum Gasteiger partial charge on any atom is 0.412 e. The highest BCUT2D eigenvalue weighted by molar-refractivity contribution is 5.85. The number of carbonyl (C=O) groups excluding carboxylic acids is 1. The van der Waals surface area contributed by atoms with Crippen LogP contribution in [-0.2, 0) is 0 Å². The first-order valence-electron chi connectivity index (χ1n) is 12.0. The predicted molar refractivity (Wildman–Crippen MR) is 146 cm³/mol. The number of nitrogens with zero attached hydrogens (tertiary/aromatic N) is 2. The zero-order valence-electron chi connectivity index (χ0n) is 20.8. The third kappa shape index (κ3) is 7.06. The normalized spacial score (nSPS) is 13.4. The molecule has 1 heterocycles. The molecule has 0 spiro atoms. The summed E-state index contributed by atoms with van der Waals surface area (Å²) in [6.07, 6.45) is 0.403. The van der Waals surface area contributed by atoms with Crippen molar-refractivity contribution in [2.75, 3.05) is 58.4 Å². The Kier molecular flexibility index (Phi) is 10.3. The molecule has 1 aliphatic rings. The molecular formula is C28H34ClN3O4. The fourth-order valence-corrected chi connectivity index (χ4v) is 4.33. The first kappa shape index (κ1) is 27.2. The Hall–Kier alpha value is -3.42. The molecule has 1 fully saturated rings. The second-order valence-electron chi connectivity index (χ2n) is 8.40. The van der Waals surface area contributed by atoms with Crippen molar-refractivity contribution in [2.45, 2.75) is 6.42 Å². The minimum Gasteiger partial charge on any atom is -0.496 e. The molecular weight excluding hydrogens is 478 g/mol. The number of amides is 1. The van der Waals surface area contributed by atoms with E-state index in [0.717, 1.165) is 61.7 Å². The molecule has 0 aliphatic carbocycles. The van der Waals surface area contributed by atoms with Crippen LogP contribution in [0.15, 0.2) is 72.8 Å². The molecule has 0 unspecified atom stereocenters. The fourth-order valence-electron chi connectivity index (χ4n) is 4.33. The number of carbonyl (C=O) groups is 1. The highest BCUT2D eigenvalue weighted by Crippen LogP contribution is 2.33. The number of nitrogens with one attached hydrogen (secondary N) is 1. The standard InChI is InChI=1S/C28H33N3O4.ClH/c1-33-26-12-7-6-11-25(26)31-19-17-30(18-20-31)16-8-15-29-28(32)35-23-13-14-24(27(21-23)34-2)22-9-4-3-5-10-22;/h3-7,9-14,21H,8,15-20H2,1-2H3,(H,29,32);1H. The van der Waals surface area contributed by atoms with Crippen LogP contribution in [0.3, 0.4) is 0 Å². The molecule has 1 N–H and O–H groups in total.